The van der Waals surface area contributed by atoms with Crippen molar-refractivity contribution < 1.29 is 19.0 Å². The van der Waals surface area contributed by atoms with Crippen LogP contribution in [-0.4, -0.2) is 57.4 Å². The SMILES string of the molecule is COc1ccccc1OCC(=O)NC[C@H](c1ccc(C(C)C)cc1)N1CCOCC1. The van der Waals surface area contributed by atoms with E-state index in [0.29, 0.717) is 37.2 Å². The Balaban J connectivity index is 1.62. The second kappa shape index (κ2) is 11.0. The van der Waals surface area contributed by atoms with E-state index in [-0.39, 0.29) is 18.6 Å². The van der Waals surface area contributed by atoms with Gasteiger partial charge in [-0.15, -0.1) is 0 Å². The molecule has 1 heterocycles. The number of carbonyl (C=O) groups is 1. The highest BCUT2D eigenvalue weighted by atomic mass is 16.5. The first-order valence-electron chi connectivity index (χ1n) is 10.5. The maximum absolute atomic E-state index is 12.5. The lowest BCUT2D eigenvalue weighted by molar-refractivity contribution is -0.123. The van der Waals surface area contributed by atoms with E-state index in [9.17, 15) is 4.79 Å². The quantitative estimate of drug-likeness (QED) is 0.684. The number of benzene rings is 2. The zero-order chi connectivity index (χ0) is 21.3. The van der Waals surface area contributed by atoms with Crippen molar-refractivity contribution in [2.75, 3.05) is 46.6 Å². The Morgan fingerprint density at radius 1 is 1.03 bits per heavy atom. The van der Waals surface area contributed by atoms with Gasteiger partial charge in [0.15, 0.2) is 18.1 Å². The molecule has 162 valence electrons. The molecule has 30 heavy (non-hydrogen) atoms. The smallest absolute Gasteiger partial charge is 0.258 e. The number of nitrogens with zero attached hydrogens (tertiary/aromatic N) is 1. The Bertz CT molecular complexity index is 801. The van der Waals surface area contributed by atoms with Crippen LogP contribution in [0.1, 0.15) is 36.9 Å². The van der Waals surface area contributed by atoms with Gasteiger partial charge < -0.3 is 19.5 Å². The van der Waals surface area contributed by atoms with Crippen molar-refractivity contribution in [2.24, 2.45) is 0 Å². The molecule has 0 aromatic heterocycles. The molecule has 3 rings (SSSR count). The number of para-hydroxylation sites is 2. The molecule has 1 saturated heterocycles. The Labute approximate surface area is 179 Å². The fourth-order valence-corrected chi connectivity index (χ4v) is 3.59. The molecule has 1 fully saturated rings. The minimum Gasteiger partial charge on any atom is -0.493 e. The van der Waals surface area contributed by atoms with Gasteiger partial charge >= 0.3 is 0 Å². The molecule has 1 amide bonds. The summed E-state index contributed by atoms with van der Waals surface area (Å²) in [6.45, 7) is 7.98. The number of methoxy groups -OCH3 is 1. The highest BCUT2D eigenvalue weighted by Gasteiger charge is 2.23. The fourth-order valence-electron chi connectivity index (χ4n) is 3.59. The van der Waals surface area contributed by atoms with Gasteiger partial charge in [0.1, 0.15) is 0 Å². The lowest BCUT2D eigenvalue weighted by atomic mass is 9.98. The third kappa shape index (κ3) is 5.97. The number of ether oxygens (including phenoxy) is 3. The van der Waals surface area contributed by atoms with Crippen LogP contribution in [0.25, 0.3) is 0 Å². The largest absolute Gasteiger partial charge is 0.493 e. The molecule has 6 nitrogen and oxygen atoms in total. The van der Waals surface area contributed by atoms with Crippen LogP contribution >= 0.6 is 0 Å². The average Bonchev–Trinajstić information content (AvgIpc) is 2.79. The first-order valence-corrected chi connectivity index (χ1v) is 10.5. The van der Waals surface area contributed by atoms with Crippen LogP contribution in [0.2, 0.25) is 0 Å². The second-order valence-corrected chi connectivity index (χ2v) is 7.73. The monoisotopic (exact) mass is 412 g/mol. The number of nitrogens with one attached hydrogen (secondary N) is 1. The van der Waals surface area contributed by atoms with Crippen molar-refractivity contribution in [2.45, 2.75) is 25.8 Å². The molecule has 0 spiro atoms. The summed E-state index contributed by atoms with van der Waals surface area (Å²) in [6.07, 6.45) is 0. The van der Waals surface area contributed by atoms with Crippen molar-refractivity contribution in [1.29, 1.82) is 0 Å². The zero-order valence-electron chi connectivity index (χ0n) is 18.1. The number of hydrogen-bond acceptors (Lipinski definition) is 5. The van der Waals surface area contributed by atoms with Crippen molar-refractivity contribution in [3.63, 3.8) is 0 Å². The van der Waals surface area contributed by atoms with Gasteiger partial charge in [0.05, 0.1) is 26.4 Å². The normalized spacial score (nSPS) is 15.6. The van der Waals surface area contributed by atoms with Gasteiger partial charge in [0, 0.05) is 19.6 Å². The van der Waals surface area contributed by atoms with Gasteiger partial charge in [-0.05, 0) is 29.2 Å². The summed E-state index contributed by atoms with van der Waals surface area (Å²) in [6, 6.07) is 16.1. The van der Waals surface area contributed by atoms with Gasteiger partial charge in [-0.1, -0.05) is 50.2 Å². The van der Waals surface area contributed by atoms with Crippen LogP contribution in [0.5, 0.6) is 11.5 Å². The highest BCUT2D eigenvalue weighted by molar-refractivity contribution is 5.77. The molecule has 1 aliphatic heterocycles. The van der Waals surface area contributed by atoms with Crippen molar-refractivity contribution in [3.8, 4) is 11.5 Å². The van der Waals surface area contributed by atoms with Gasteiger partial charge in [0.2, 0.25) is 0 Å². The van der Waals surface area contributed by atoms with Crippen LogP contribution in [0, 0.1) is 0 Å². The van der Waals surface area contributed by atoms with Gasteiger partial charge in [-0.3, -0.25) is 9.69 Å². The predicted molar refractivity (Wildman–Crippen MR) is 117 cm³/mol. The molecule has 0 aliphatic carbocycles. The molecular formula is C24H32N2O4. The van der Waals surface area contributed by atoms with E-state index < -0.39 is 0 Å². The molecule has 2 aromatic carbocycles. The van der Waals surface area contributed by atoms with Crippen LogP contribution < -0.4 is 14.8 Å². The molecule has 6 heteroatoms. The van der Waals surface area contributed by atoms with Crippen molar-refractivity contribution in [1.82, 2.24) is 10.2 Å². The summed E-state index contributed by atoms with van der Waals surface area (Å²) >= 11 is 0. The number of morpholine rings is 1. The maximum atomic E-state index is 12.5. The number of carbonyl (C=O) groups excluding carboxylic acids is 1. The van der Waals surface area contributed by atoms with Gasteiger partial charge in [0.25, 0.3) is 5.91 Å². The van der Waals surface area contributed by atoms with Gasteiger partial charge in [-0.2, -0.15) is 0 Å². The minimum atomic E-state index is -0.155. The second-order valence-electron chi connectivity index (χ2n) is 7.73. The summed E-state index contributed by atoms with van der Waals surface area (Å²) < 4.78 is 16.4. The van der Waals surface area contributed by atoms with E-state index in [1.807, 2.05) is 18.2 Å². The van der Waals surface area contributed by atoms with Crippen LogP contribution in [0.3, 0.4) is 0 Å². The molecule has 0 radical (unpaired) electrons. The predicted octanol–water partition coefficient (Wildman–Crippen LogP) is 3.39. The number of amides is 1. The molecule has 0 unspecified atom stereocenters. The Hall–Kier alpha value is -2.57. The molecular weight excluding hydrogens is 380 g/mol. The van der Waals surface area contributed by atoms with E-state index in [0.717, 1.165) is 13.1 Å². The molecule has 1 N–H and O–H groups in total. The molecule has 0 bridgehead atoms. The topological polar surface area (TPSA) is 60.0 Å². The summed E-state index contributed by atoms with van der Waals surface area (Å²) in [4.78, 5) is 14.8. The van der Waals surface area contributed by atoms with Gasteiger partial charge in [-0.25, -0.2) is 0 Å². The van der Waals surface area contributed by atoms with Crippen LogP contribution in [0.15, 0.2) is 48.5 Å². The van der Waals surface area contributed by atoms with E-state index >= 15 is 0 Å². The Kier molecular flexibility index (Phi) is 8.11. The highest BCUT2D eigenvalue weighted by Crippen LogP contribution is 2.26. The first kappa shape index (κ1) is 22.1. The minimum absolute atomic E-state index is 0.0531. The van der Waals surface area contributed by atoms with E-state index in [1.165, 1.54) is 11.1 Å². The zero-order valence-corrected chi connectivity index (χ0v) is 18.1. The first-order chi connectivity index (χ1) is 14.6. The Morgan fingerprint density at radius 3 is 2.30 bits per heavy atom. The van der Waals surface area contributed by atoms with E-state index in [4.69, 9.17) is 14.2 Å². The summed E-state index contributed by atoms with van der Waals surface area (Å²) in [5.41, 5.74) is 2.51. The lowest BCUT2D eigenvalue weighted by Crippen LogP contribution is -2.44. The summed E-state index contributed by atoms with van der Waals surface area (Å²) in [5.74, 6) is 1.51. The van der Waals surface area contributed by atoms with Crippen LogP contribution in [0.4, 0.5) is 0 Å². The number of hydrogen-bond donors (Lipinski definition) is 1. The van der Waals surface area contributed by atoms with E-state index in [2.05, 4.69) is 48.3 Å². The van der Waals surface area contributed by atoms with E-state index in [1.54, 1.807) is 13.2 Å². The molecule has 1 aliphatic rings. The third-order valence-electron chi connectivity index (χ3n) is 5.39. The van der Waals surface area contributed by atoms with Crippen LogP contribution in [-0.2, 0) is 9.53 Å². The van der Waals surface area contributed by atoms with Crippen molar-refractivity contribution in [3.05, 3.63) is 59.7 Å². The standard InChI is InChI=1S/C24H32N2O4/c1-18(2)19-8-10-20(11-9-19)21(26-12-14-29-15-13-26)16-25-24(27)17-30-23-7-5-4-6-22(23)28-3/h4-11,18,21H,12-17H2,1-3H3,(H,25,27)/t21-/m1/s1. The summed E-state index contributed by atoms with van der Waals surface area (Å²) in [7, 11) is 1.58. The molecule has 2 aromatic rings. The fraction of sp³-hybridized carbons (Fsp3) is 0.458. The number of rotatable bonds is 9. The summed E-state index contributed by atoms with van der Waals surface area (Å²) in [5, 5.41) is 3.04. The molecule has 0 saturated carbocycles. The average molecular weight is 413 g/mol. The lowest BCUT2D eigenvalue weighted by Gasteiger charge is -2.35. The third-order valence-corrected chi connectivity index (χ3v) is 5.39. The maximum Gasteiger partial charge on any atom is 0.258 e. The van der Waals surface area contributed by atoms with Crippen molar-refractivity contribution >= 4 is 5.91 Å². The Morgan fingerprint density at radius 2 is 1.67 bits per heavy atom. The molecule has 1 atom stereocenters.